The summed E-state index contributed by atoms with van der Waals surface area (Å²) in [6, 6.07) is 0.608. The molecule has 0 amide bonds. The van der Waals surface area contributed by atoms with Gasteiger partial charge in [0.25, 0.3) is 0 Å². The minimum atomic E-state index is -0.620. The van der Waals surface area contributed by atoms with Crippen LogP contribution in [0.1, 0.15) is 19.3 Å². The lowest BCUT2D eigenvalue weighted by Crippen LogP contribution is -2.41. The van der Waals surface area contributed by atoms with Gasteiger partial charge in [-0.05, 0) is 51.9 Å². The molecule has 0 aromatic rings. The first-order valence-corrected chi connectivity index (χ1v) is 5.81. The molecule has 86 valence electrons. The Morgan fingerprint density at radius 3 is 2.67 bits per heavy atom. The van der Waals surface area contributed by atoms with Crippen LogP contribution in [-0.2, 0) is 4.79 Å². The number of hydrogen-bond acceptors (Lipinski definition) is 3. The molecule has 0 aromatic carbocycles. The lowest BCUT2D eigenvalue weighted by atomic mass is 10.1. The summed E-state index contributed by atoms with van der Waals surface area (Å²) in [4.78, 5) is 13.0. The number of nitrogens with zero attached hydrogens (tertiary/aromatic N) is 1. The molecular weight excluding hydrogens is 192 g/mol. The van der Waals surface area contributed by atoms with Crippen LogP contribution in [0.2, 0.25) is 0 Å². The molecule has 0 bridgehead atoms. The zero-order valence-corrected chi connectivity index (χ0v) is 9.28. The van der Waals surface area contributed by atoms with Crippen LogP contribution < -0.4 is 5.32 Å². The molecule has 15 heavy (non-hydrogen) atoms. The van der Waals surface area contributed by atoms with E-state index in [1.54, 1.807) is 0 Å². The van der Waals surface area contributed by atoms with E-state index in [4.69, 9.17) is 5.11 Å². The highest BCUT2D eigenvalue weighted by Gasteiger charge is 2.42. The van der Waals surface area contributed by atoms with E-state index in [9.17, 15) is 4.79 Å². The molecule has 2 aliphatic rings. The molecule has 2 rings (SSSR count). The van der Waals surface area contributed by atoms with Crippen LogP contribution in [0.3, 0.4) is 0 Å². The zero-order chi connectivity index (χ0) is 10.8. The molecule has 1 saturated carbocycles. The highest BCUT2D eigenvalue weighted by Crippen LogP contribution is 2.38. The average molecular weight is 212 g/mol. The summed E-state index contributed by atoms with van der Waals surface area (Å²) in [5.41, 5.74) is 0. The molecule has 1 aliphatic carbocycles. The molecule has 2 fully saturated rings. The minimum absolute atomic E-state index is 0.0660. The predicted molar refractivity (Wildman–Crippen MR) is 57.8 cm³/mol. The topological polar surface area (TPSA) is 52.6 Å². The maximum atomic E-state index is 10.6. The van der Waals surface area contributed by atoms with Crippen LogP contribution in [0, 0.1) is 11.8 Å². The van der Waals surface area contributed by atoms with Gasteiger partial charge in [0.2, 0.25) is 0 Å². The number of piperidine rings is 1. The van der Waals surface area contributed by atoms with Gasteiger partial charge in [-0.2, -0.15) is 0 Å². The quantitative estimate of drug-likeness (QED) is 0.708. The summed E-state index contributed by atoms with van der Waals surface area (Å²) in [7, 11) is 2.15. The standard InChI is InChI=1S/C11H20N2O2/c1-13-4-2-9(3-5-13)12-7-8-6-10(8)11(14)15/h8-10,12H,2-7H2,1H3,(H,14,15). The number of carbonyl (C=O) groups is 1. The summed E-state index contributed by atoms with van der Waals surface area (Å²) < 4.78 is 0. The first-order chi connectivity index (χ1) is 7.16. The smallest absolute Gasteiger partial charge is 0.306 e. The van der Waals surface area contributed by atoms with Gasteiger partial charge < -0.3 is 15.3 Å². The van der Waals surface area contributed by atoms with Gasteiger partial charge in [-0.25, -0.2) is 0 Å². The van der Waals surface area contributed by atoms with Gasteiger partial charge in [-0.1, -0.05) is 0 Å². The fraction of sp³-hybridized carbons (Fsp3) is 0.909. The van der Waals surface area contributed by atoms with Crippen molar-refractivity contribution in [2.24, 2.45) is 11.8 Å². The first-order valence-electron chi connectivity index (χ1n) is 5.81. The molecule has 1 heterocycles. The van der Waals surface area contributed by atoms with Crippen molar-refractivity contribution >= 4 is 5.97 Å². The third-order valence-corrected chi connectivity index (χ3v) is 3.63. The molecule has 2 N–H and O–H groups in total. The lowest BCUT2D eigenvalue weighted by molar-refractivity contribution is -0.138. The third kappa shape index (κ3) is 2.92. The molecule has 1 saturated heterocycles. The van der Waals surface area contributed by atoms with Crippen LogP contribution in [0.5, 0.6) is 0 Å². The molecule has 0 aromatic heterocycles. The normalized spacial score (nSPS) is 32.9. The number of carboxylic acid groups (broad SMARTS) is 1. The van der Waals surface area contributed by atoms with Crippen molar-refractivity contribution in [2.75, 3.05) is 26.7 Å². The second-order valence-corrected chi connectivity index (χ2v) is 4.93. The number of likely N-dealkylation sites (tertiary alicyclic amines) is 1. The Kier molecular flexibility index (Phi) is 3.26. The molecular formula is C11H20N2O2. The number of nitrogens with one attached hydrogen (secondary N) is 1. The van der Waals surface area contributed by atoms with E-state index in [0.29, 0.717) is 12.0 Å². The Hall–Kier alpha value is -0.610. The van der Waals surface area contributed by atoms with E-state index < -0.39 is 5.97 Å². The Balaban J connectivity index is 1.61. The van der Waals surface area contributed by atoms with Crippen LogP contribution in [0.15, 0.2) is 0 Å². The average Bonchev–Trinajstić information content (AvgIpc) is 2.96. The molecule has 0 spiro atoms. The van der Waals surface area contributed by atoms with E-state index >= 15 is 0 Å². The molecule has 2 unspecified atom stereocenters. The highest BCUT2D eigenvalue weighted by molar-refractivity contribution is 5.73. The minimum Gasteiger partial charge on any atom is -0.481 e. The van der Waals surface area contributed by atoms with E-state index in [-0.39, 0.29) is 5.92 Å². The SMILES string of the molecule is CN1CCC(NCC2CC2C(=O)O)CC1. The van der Waals surface area contributed by atoms with Crippen LogP contribution in [-0.4, -0.2) is 48.7 Å². The van der Waals surface area contributed by atoms with Gasteiger partial charge in [0.1, 0.15) is 0 Å². The molecule has 2 atom stereocenters. The predicted octanol–water partition coefficient (Wildman–Crippen LogP) is 0.391. The largest absolute Gasteiger partial charge is 0.481 e. The second-order valence-electron chi connectivity index (χ2n) is 4.93. The van der Waals surface area contributed by atoms with Gasteiger partial charge in [0, 0.05) is 6.04 Å². The third-order valence-electron chi connectivity index (χ3n) is 3.63. The number of aliphatic carboxylic acids is 1. The Morgan fingerprint density at radius 1 is 1.47 bits per heavy atom. The van der Waals surface area contributed by atoms with E-state index in [2.05, 4.69) is 17.3 Å². The summed E-state index contributed by atoms with van der Waals surface area (Å²) in [5, 5.41) is 12.3. The van der Waals surface area contributed by atoms with E-state index in [1.165, 1.54) is 12.8 Å². The molecule has 1 aliphatic heterocycles. The molecule has 0 radical (unpaired) electrons. The number of hydrogen-bond donors (Lipinski definition) is 2. The maximum Gasteiger partial charge on any atom is 0.306 e. The van der Waals surface area contributed by atoms with Crippen molar-refractivity contribution in [2.45, 2.75) is 25.3 Å². The van der Waals surface area contributed by atoms with Gasteiger partial charge in [0.15, 0.2) is 0 Å². The highest BCUT2D eigenvalue weighted by atomic mass is 16.4. The van der Waals surface area contributed by atoms with Gasteiger partial charge in [-0.3, -0.25) is 4.79 Å². The monoisotopic (exact) mass is 212 g/mol. The van der Waals surface area contributed by atoms with Crippen molar-refractivity contribution in [3.8, 4) is 0 Å². The summed E-state index contributed by atoms with van der Waals surface area (Å²) in [5.74, 6) is -0.295. The fourth-order valence-electron chi connectivity index (χ4n) is 2.31. The van der Waals surface area contributed by atoms with Crippen LogP contribution in [0.25, 0.3) is 0 Å². The molecule has 4 nitrogen and oxygen atoms in total. The second kappa shape index (κ2) is 4.49. The van der Waals surface area contributed by atoms with E-state index in [1.807, 2.05) is 0 Å². The maximum absolute atomic E-state index is 10.6. The number of carboxylic acids is 1. The Labute approximate surface area is 90.6 Å². The Morgan fingerprint density at radius 2 is 2.13 bits per heavy atom. The van der Waals surface area contributed by atoms with Crippen LogP contribution >= 0.6 is 0 Å². The summed E-state index contributed by atoms with van der Waals surface area (Å²) in [6.07, 6.45) is 3.26. The van der Waals surface area contributed by atoms with Crippen molar-refractivity contribution in [1.29, 1.82) is 0 Å². The van der Waals surface area contributed by atoms with Gasteiger partial charge in [-0.15, -0.1) is 0 Å². The first kappa shape index (κ1) is 10.9. The van der Waals surface area contributed by atoms with Crippen molar-refractivity contribution in [1.82, 2.24) is 10.2 Å². The number of rotatable bonds is 4. The van der Waals surface area contributed by atoms with Crippen molar-refractivity contribution < 1.29 is 9.90 Å². The lowest BCUT2D eigenvalue weighted by Gasteiger charge is -2.29. The fourth-order valence-corrected chi connectivity index (χ4v) is 2.31. The summed E-state index contributed by atoms with van der Waals surface area (Å²) >= 11 is 0. The van der Waals surface area contributed by atoms with Crippen LogP contribution in [0.4, 0.5) is 0 Å². The van der Waals surface area contributed by atoms with Crippen molar-refractivity contribution in [3.05, 3.63) is 0 Å². The molecule has 4 heteroatoms. The van der Waals surface area contributed by atoms with Gasteiger partial charge >= 0.3 is 5.97 Å². The zero-order valence-electron chi connectivity index (χ0n) is 9.28. The van der Waals surface area contributed by atoms with E-state index in [0.717, 1.165) is 26.1 Å². The Bertz CT molecular complexity index is 237. The summed E-state index contributed by atoms with van der Waals surface area (Å²) in [6.45, 7) is 3.21. The van der Waals surface area contributed by atoms with Gasteiger partial charge in [0.05, 0.1) is 5.92 Å². The van der Waals surface area contributed by atoms with Crippen molar-refractivity contribution in [3.63, 3.8) is 0 Å².